The number of nitro benzene ring substituents is 1. The van der Waals surface area contributed by atoms with Crippen molar-refractivity contribution in [3.63, 3.8) is 0 Å². The van der Waals surface area contributed by atoms with E-state index < -0.39 is 10.9 Å². The van der Waals surface area contributed by atoms with Crippen LogP contribution in [-0.2, 0) is 9.53 Å². The van der Waals surface area contributed by atoms with Crippen molar-refractivity contribution in [3.05, 3.63) is 32.8 Å². The largest absolute Gasteiger partial charge is 0.461 e. The molecular formula is C11H12BrN3O4. The monoisotopic (exact) mass is 329 g/mol. The highest BCUT2D eigenvalue weighted by molar-refractivity contribution is 9.10. The SMILES string of the molecule is CCOC(=O)C(C)=NNc1ccc(Br)cc1[N+](=O)[O-]. The first kappa shape index (κ1) is 15.1. The molecule has 19 heavy (non-hydrogen) atoms. The predicted molar refractivity (Wildman–Crippen MR) is 74.2 cm³/mol. The van der Waals surface area contributed by atoms with Crippen LogP contribution in [0.5, 0.6) is 0 Å². The van der Waals surface area contributed by atoms with Crippen LogP contribution in [0.3, 0.4) is 0 Å². The second-order valence-electron chi connectivity index (χ2n) is 3.45. The van der Waals surface area contributed by atoms with Gasteiger partial charge in [-0.05, 0) is 26.0 Å². The Labute approximate surface area is 117 Å². The molecule has 0 radical (unpaired) electrons. The number of nitrogens with one attached hydrogen (secondary N) is 1. The molecule has 7 nitrogen and oxygen atoms in total. The van der Waals surface area contributed by atoms with Crippen molar-refractivity contribution in [2.45, 2.75) is 13.8 Å². The zero-order valence-corrected chi connectivity index (χ0v) is 11.9. The number of carbonyl (C=O) groups excluding carboxylic acids is 1. The number of anilines is 1. The van der Waals surface area contributed by atoms with Crippen LogP contribution in [0.1, 0.15) is 13.8 Å². The summed E-state index contributed by atoms with van der Waals surface area (Å²) in [6, 6.07) is 4.46. The number of nitrogens with zero attached hydrogens (tertiary/aromatic N) is 2. The van der Waals surface area contributed by atoms with Crippen molar-refractivity contribution in [2.24, 2.45) is 5.10 Å². The fourth-order valence-corrected chi connectivity index (χ4v) is 1.52. The van der Waals surface area contributed by atoms with Gasteiger partial charge in [0, 0.05) is 10.5 Å². The van der Waals surface area contributed by atoms with Crippen LogP contribution in [0, 0.1) is 10.1 Å². The van der Waals surface area contributed by atoms with Gasteiger partial charge in [-0.1, -0.05) is 15.9 Å². The molecule has 0 fully saturated rings. The number of hydrogen-bond acceptors (Lipinski definition) is 6. The summed E-state index contributed by atoms with van der Waals surface area (Å²) in [6.45, 7) is 3.37. The molecule has 1 aromatic rings. The summed E-state index contributed by atoms with van der Waals surface area (Å²) in [5, 5.41) is 14.6. The fraction of sp³-hybridized carbons (Fsp3) is 0.273. The molecule has 0 heterocycles. The average molecular weight is 330 g/mol. The number of hydrazone groups is 1. The van der Waals surface area contributed by atoms with Crippen molar-refractivity contribution in [3.8, 4) is 0 Å². The molecule has 0 unspecified atom stereocenters. The molecule has 0 bridgehead atoms. The lowest BCUT2D eigenvalue weighted by Gasteiger charge is -2.04. The van der Waals surface area contributed by atoms with Gasteiger partial charge in [-0.3, -0.25) is 15.5 Å². The average Bonchev–Trinajstić information content (AvgIpc) is 2.36. The number of esters is 1. The second kappa shape index (κ2) is 6.83. The normalized spacial score (nSPS) is 11.0. The van der Waals surface area contributed by atoms with E-state index in [9.17, 15) is 14.9 Å². The molecule has 1 rings (SSSR count). The third kappa shape index (κ3) is 4.32. The molecule has 0 aromatic heterocycles. The third-order valence-electron chi connectivity index (χ3n) is 2.07. The molecule has 8 heteroatoms. The molecular weight excluding hydrogens is 318 g/mol. The second-order valence-corrected chi connectivity index (χ2v) is 4.36. The molecule has 0 aliphatic carbocycles. The Kier molecular flexibility index (Phi) is 5.43. The van der Waals surface area contributed by atoms with E-state index in [1.54, 1.807) is 13.0 Å². The van der Waals surface area contributed by atoms with Crippen molar-refractivity contribution >= 4 is 39.0 Å². The minimum absolute atomic E-state index is 0.0825. The highest BCUT2D eigenvalue weighted by Gasteiger charge is 2.14. The van der Waals surface area contributed by atoms with Gasteiger partial charge in [0.1, 0.15) is 11.4 Å². The molecule has 102 valence electrons. The van der Waals surface area contributed by atoms with Gasteiger partial charge in [0.05, 0.1) is 11.5 Å². The van der Waals surface area contributed by atoms with E-state index in [4.69, 9.17) is 4.74 Å². The minimum atomic E-state index is -0.574. The van der Waals surface area contributed by atoms with Gasteiger partial charge in [-0.15, -0.1) is 0 Å². The standard InChI is InChI=1S/C11H12BrN3O4/c1-3-19-11(16)7(2)13-14-9-5-4-8(12)6-10(9)15(17)18/h4-6,14H,3H2,1-2H3. The number of ether oxygens (including phenoxy) is 1. The van der Waals surface area contributed by atoms with Crippen LogP contribution >= 0.6 is 15.9 Å². The Balaban J connectivity index is 2.91. The molecule has 0 aliphatic heterocycles. The van der Waals surface area contributed by atoms with E-state index in [1.165, 1.54) is 19.1 Å². The quantitative estimate of drug-likeness (QED) is 0.388. The molecule has 1 aromatic carbocycles. The summed E-state index contributed by atoms with van der Waals surface area (Å²) in [4.78, 5) is 21.6. The molecule has 0 atom stereocenters. The number of nitro groups is 1. The van der Waals surface area contributed by atoms with Crippen LogP contribution in [0.15, 0.2) is 27.8 Å². The van der Waals surface area contributed by atoms with Gasteiger partial charge < -0.3 is 4.74 Å². The number of hydrogen-bond donors (Lipinski definition) is 1. The van der Waals surface area contributed by atoms with E-state index in [0.717, 1.165) is 0 Å². The lowest BCUT2D eigenvalue weighted by molar-refractivity contribution is -0.384. The molecule has 0 saturated heterocycles. The van der Waals surface area contributed by atoms with Gasteiger partial charge in [0.25, 0.3) is 5.69 Å². The summed E-state index contributed by atoms with van der Waals surface area (Å²) in [7, 11) is 0. The third-order valence-corrected chi connectivity index (χ3v) is 2.56. The van der Waals surface area contributed by atoms with E-state index >= 15 is 0 Å². The fourth-order valence-electron chi connectivity index (χ4n) is 1.18. The van der Waals surface area contributed by atoms with Crippen molar-refractivity contribution < 1.29 is 14.5 Å². The summed E-state index contributed by atoms with van der Waals surface area (Å²) in [5.41, 5.74) is 2.62. The Morgan fingerprint density at radius 3 is 2.84 bits per heavy atom. The first-order chi connectivity index (χ1) is 8.95. The van der Waals surface area contributed by atoms with E-state index in [2.05, 4.69) is 26.5 Å². The summed E-state index contributed by atoms with van der Waals surface area (Å²) in [6.07, 6.45) is 0. The van der Waals surface area contributed by atoms with Crippen molar-refractivity contribution in [1.82, 2.24) is 0 Å². The lowest BCUT2D eigenvalue weighted by Crippen LogP contribution is -2.15. The molecule has 1 N–H and O–H groups in total. The Morgan fingerprint density at radius 1 is 1.58 bits per heavy atom. The van der Waals surface area contributed by atoms with Crippen LogP contribution in [0.25, 0.3) is 0 Å². The molecule has 0 saturated carbocycles. The van der Waals surface area contributed by atoms with Gasteiger partial charge >= 0.3 is 5.97 Å². The van der Waals surface area contributed by atoms with Gasteiger partial charge in [-0.25, -0.2) is 4.79 Å². The summed E-state index contributed by atoms with van der Waals surface area (Å²) < 4.78 is 5.32. The Bertz CT molecular complexity index is 531. The van der Waals surface area contributed by atoms with Crippen molar-refractivity contribution in [1.29, 1.82) is 0 Å². The summed E-state index contributed by atoms with van der Waals surface area (Å²) in [5.74, 6) is -0.574. The first-order valence-corrected chi connectivity index (χ1v) is 6.16. The van der Waals surface area contributed by atoms with Crippen LogP contribution < -0.4 is 5.43 Å². The van der Waals surface area contributed by atoms with Crippen LogP contribution in [0.2, 0.25) is 0 Å². The Hall–Kier alpha value is -1.96. The smallest absolute Gasteiger partial charge is 0.354 e. The van der Waals surface area contributed by atoms with Gasteiger partial charge in [0.2, 0.25) is 0 Å². The highest BCUT2D eigenvalue weighted by atomic mass is 79.9. The molecule has 0 spiro atoms. The van der Waals surface area contributed by atoms with E-state index in [-0.39, 0.29) is 23.7 Å². The zero-order chi connectivity index (χ0) is 14.4. The lowest BCUT2D eigenvalue weighted by atomic mass is 10.3. The van der Waals surface area contributed by atoms with E-state index in [0.29, 0.717) is 4.47 Å². The number of carbonyl (C=O) groups is 1. The first-order valence-electron chi connectivity index (χ1n) is 5.37. The zero-order valence-electron chi connectivity index (χ0n) is 10.3. The maximum Gasteiger partial charge on any atom is 0.354 e. The molecule has 0 aliphatic rings. The van der Waals surface area contributed by atoms with Crippen LogP contribution in [-0.4, -0.2) is 23.2 Å². The highest BCUT2D eigenvalue weighted by Crippen LogP contribution is 2.27. The van der Waals surface area contributed by atoms with Gasteiger partial charge in [0.15, 0.2) is 0 Å². The number of rotatable bonds is 5. The number of benzene rings is 1. The van der Waals surface area contributed by atoms with Gasteiger partial charge in [-0.2, -0.15) is 5.10 Å². The van der Waals surface area contributed by atoms with Crippen LogP contribution in [0.4, 0.5) is 11.4 Å². The minimum Gasteiger partial charge on any atom is -0.461 e. The topological polar surface area (TPSA) is 93.8 Å². The molecule has 0 amide bonds. The maximum absolute atomic E-state index is 11.3. The Morgan fingerprint density at radius 2 is 2.26 bits per heavy atom. The number of halogens is 1. The van der Waals surface area contributed by atoms with E-state index in [1.807, 2.05) is 0 Å². The summed E-state index contributed by atoms with van der Waals surface area (Å²) >= 11 is 3.15. The maximum atomic E-state index is 11.3. The predicted octanol–water partition coefficient (Wildman–Crippen LogP) is 2.71. The van der Waals surface area contributed by atoms with Crippen molar-refractivity contribution in [2.75, 3.05) is 12.0 Å².